The van der Waals surface area contributed by atoms with Crippen LogP contribution < -0.4 is 5.32 Å². The molecule has 0 saturated carbocycles. The fourth-order valence-corrected chi connectivity index (χ4v) is 3.59. The number of nitrogens with zero attached hydrogens (tertiary/aromatic N) is 6. The van der Waals surface area contributed by atoms with Gasteiger partial charge in [0.15, 0.2) is 5.82 Å². The van der Waals surface area contributed by atoms with Gasteiger partial charge in [-0.05, 0) is 46.7 Å². The fourth-order valence-electron chi connectivity index (χ4n) is 3.47. The minimum atomic E-state index is -0.00317. The Bertz CT molecular complexity index is 953. The summed E-state index contributed by atoms with van der Waals surface area (Å²) in [5.41, 5.74) is 2.09. The third kappa shape index (κ3) is 5.14. The van der Waals surface area contributed by atoms with Gasteiger partial charge in [0.05, 0.1) is 12.2 Å². The minimum absolute atomic E-state index is 0.00317. The van der Waals surface area contributed by atoms with Crippen molar-refractivity contribution in [3.63, 3.8) is 0 Å². The SMILES string of the molecule is O=C(NCCc1ccccc1)N1CCN(Cc2nnnn2-c2ccc(Cl)cc2)CC1. The molecule has 1 aliphatic heterocycles. The number of hydrogen-bond donors (Lipinski definition) is 1. The molecule has 2 aromatic carbocycles. The van der Waals surface area contributed by atoms with Gasteiger partial charge in [-0.3, -0.25) is 4.90 Å². The predicted octanol–water partition coefficient (Wildman–Crippen LogP) is 2.39. The molecule has 0 bridgehead atoms. The van der Waals surface area contributed by atoms with Gasteiger partial charge in [0, 0.05) is 37.7 Å². The van der Waals surface area contributed by atoms with Crippen LogP contribution in [0.15, 0.2) is 54.6 Å². The van der Waals surface area contributed by atoms with E-state index in [0.717, 1.165) is 31.0 Å². The number of hydrogen-bond acceptors (Lipinski definition) is 5. The number of benzene rings is 2. The Balaban J connectivity index is 1.25. The summed E-state index contributed by atoms with van der Waals surface area (Å²) >= 11 is 5.96. The van der Waals surface area contributed by atoms with Crippen LogP contribution in [0.4, 0.5) is 4.79 Å². The molecule has 0 aliphatic carbocycles. The Labute approximate surface area is 180 Å². The standard InChI is InChI=1S/C21H24ClN7O/c22-18-6-8-19(9-7-18)29-20(24-25-26-29)16-27-12-14-28(15-13-27)21(30)23-11-10-17-4-2-1-3-5-17/h1-9H,10-16H2,(H,23,30). The van der Waals surface area contributed by atoms with Gasteiger partial charge in [0.25, 0.3) is 0 Å². The van der Waals surface area contributed by atoms with Crippen LogP contribution in [0.25, 0.3) is 5.69 Å². The summed E-state index contributed by atoms with van der Waals surface area (Å²) in [5, 5.41) is 15.8. The van der Waals surface area contributed by atoms with Crippen LogP contribution in [0.5, 0.6) is 0 Å². The third-order valence-corrected chi connectivity index (χ3v) is 5.41. The van der Waals surface area contributed by atoms with Gasteiger partial charge in [-0.25, -0.2) is 4.79 Å². The van der Waals surface area contributed by atoms with Crippen molar-refractivity contribution in [3.05, 3.63) is 71.0 Å². The summed E-state index contributed by atoms with van der Waals surface area (Å²) in [7, 11) is 0. The Kier molecular flexibility index (Phi) is 6.56. The van der Waals surface area contributed by atoms with Crippen molar-refractivity contribution in [2.24, 2.45) is 0 Å². The summed E-state index contributed by atoms with van der Waals surface area (Å²) in [6, 6.07) is 17.6. The Morgan fingerprint density at radius 1 is 1.00 bits per heavy atom. The van der Waals surface area contributed by atoms with E-state index in [-0.39, 0.29) is 6.03 Å². The smallest absolute Gasteiger partial charge is 0.317 e. The molecular formula is C21H24ClN7O. The molecule has 9 heteroatoms. The van der Waals surface area contributed by atoms with Crippen LogP contribution in [-0.4, -0.2) is 68.8 Å². The lowest BCUT2D eigenvalue weighted by atomic mass is 10.1. The zero-order valence-electron chi connectivity index (χ0n) is 16.6. The second-order valence-electron chi connectivity index (χ2n) is 7.21. The van der Waals surface area contributed by atoms with Gasteiger partial charge in [0.2, 0.25) is 0 Å². The van der Waals surface area contributed by atoms with E-state index in [4.69, 9.17) is 11.6 Å². The van der Waals surface area contributed by atoms with E-state index < -0.39 is 0 Å². The highest BCUT2D eigenvalue weighted by Crippen LogP contribution is 2.15. The number of carbonyl (C=O) groups excluding carboxylic acids is 1. The average molecular weight is 426 g/mol. The first kappa shape index (κ1) is 20.3. The number of urea groups is 1. The molecule has 0 spiro atoms. The number of amides is 2. The molecule has 3 aromatic rings. The number of nitrogens with one attached hydrogen (secondary N) is 1. The molecule has 1 aromatic heterocycles. The van der Waals surface area contributed by atoms with Crippen LogP contribution in [0, 0.1) is 0 Å². The highest BCUT2D eigenvalue weighted by Gasteiger charge is 2.22. The molecule has 0 atom stereocenters. The number of halogens is 1. The Morgan fingerprint density at radius 2 is 1.73 bits per heavy atom. The molecular weight excluding hydrogens is 402 g/mol. The van der Waals surface area contributed by atoms with E-state index in [9.17, 15) is 4.79 Å². The van der Waals surface area contributed by atoms with E-state index in [0.29, 0.717) is 31.2 Å². The second kappa shape index (κ2) is 9.69. The zero-order valence-corrected chi connectivity index (χ0v) is 17.4. The molecule has 1 saturated heterocycles. The van der Waals surface area contributed by atoms with E-state index >= 15 is 0 Å². The largest absolute Gasteiger partial charge is 0.338 e. The first-order chi connectivity index (χ1) is 14.7. The Hall–Kier alpha value is -2.97. The maximum Gasteiger partial charge on any atom is 0.317 e. The summed E-state index contributed by atoms with van der Waals surface area (Å²) in [5.74, 6) is 0.762. The maximum atomic E-state index is 12.4. The highest BCUT2D eigenvalue weighted by atomic mass is 35.5. The highest BCUT2D eigenvalue weighted by molar-refractivity contribution is 6.30. The van der Waals surface area contributed by atoms with Crippen LogP contribution >= 0.6 is 11.6 Å². The summed E-state index contributed by atoms with van der Waals surface area (Å²) in [6.45, 7) is 4.18. The van der Waals surface area contributed by atoms with Gasteiger partial charge in [-0.15, -0.1) is 5.10 Å². The first-order valence-electron chi connectivity index (χ1n) is 10.0. The van der Waals surface area contributed by atoms with Crippen molar-refractivity contribution in [2.45, 2.75) is 13.0 Å². The van der Waals surface area contributed by atoms with Crippen LogP contribution in [-0.2, 0) is 13.0 Å². The molecule has 8 nitrogen and oxygen atoms in total. The van der Waals surface area contributed by atoms with Gasteiger partial charge in [-0.2, -0.15) is 4.68 Å². The number of piperazine rings is 1. The molecule has 1 N–H and O–H groups in total. The summed E-state index contributed by atoms with van der Waals surface area (Å²) < 4.78 is 1.72. The molecule has 1 aliphatic rings. The molecule has 156 valence electrons. The van der Waals surface area contributed by atoms with Crippen molar-refractivity contribution in [1.82, 2.24) is 35.3 Å². The normalized spacial score (nSPS) is 14.6. The monoisotopic (exact) mass is 425 g/mol. The first-order valence-corrected chi connectivity index (χ1v) is 10.4. The molecule has 1 fully saturated rings. The molecule has 0 radical (unpaired) electrons. The van der Waals surface area contributed by atoms with Crippen LogP contribution in [0.2, 0.25) is 5.02 Å². The lowest BCUT2D eigenvalue weighted by molar-refractivity contribution is 0.133. The number of aromatic nitrogens is 4. The molecule has 2 amide bonds. The molecule has 2 heterocycles. The minimum Gasteiger partial charge on any atom is -0.338 e. The predicted molar refractivity (Wildman–Crippen MR) is 115 cm³/mol. The lowest BCUT2D eigenvalue weighted by Gasteiger charge is -2.34. The zero-order chi connectivity index (χ0) is 20.8. The lowest BCUT2D eigenvalue weighted by Crippen LogP contribution is -2.51. The van der Waals surface area contributed by atoms with E-state index in [1.54, 1.807) is 4.68 Å². The van der Waals surface area contributed by atoms with Crippen LogP contribution in [0.1, 0.15) is 11.4 Å². The van der Waals surface area contributed by atoms with Crippen molar-refractivity contribution < 1.29 is 4.79 Å². The number of rotatable bonds is 6. The topological polar surface area (TPSA) is 79.2 Å². The fraction of sp³-hybridized carbons (Fsp3) is 0.333. The van der Waals surface area contributed by atoms with Crippen molar-refractivity contribution in [1.29, 1.82) is 0 Å². The molecule has 0 unspecified atom stereocenters. The average Bonchev–Trinajstić information content (AvgIpc) is 3.23. The van der Waals surface area contributed by atoms with Crippen molar-refractivity contribution in [2.75, 3.05) is 32.7 Å². The number of carbonyl (C=O) groups is 1. The van der Waals surface area contributed by atoms with Crippen LogP contribution in [0.3, 0.4) is 0 Å². The van der Waals surface area contributed by atoms with E-state index in [2.05, 4.69) is 37.9 Å². The second-order valence-corrected chi connectivity index (χ2v) is 7.65. The number of tetrazole rings is 1. The van der Waals surface area contributed by atoms with Gasteiger partial charge in [0.1, 0.15) is 0 Å². The molecule has 30 heavy (non-hydrogen) atoms. The summed E-state index contributed by atoms with van der Waals surface area (Å²) in [6.07, 6.45) is 0.833. The maximum absolute atomic E-state index is 12.4. The third-order valence-electron chi connectivity index (χ3n) is 5.16. The van der Waals surface area contributed by atoms with E-state index in [1.165, 1.54) is 5.56 Å². The van der Waals surface area contributed by atoms with Crippen molar-refractivity contribution >= 4 is 17.6 Å². The summed E-state index contributed by atoms with van der Waals surface area (Å²) in [4.78, 5) is 16.5. The van der Waals surface area contributed by atoms with Gasteiger partial charge < -0.3 is 10.2 Å². The Morgan fingerprint density at radius 3 is 2.47 bits per heavy atom. The molecule has 4 rings (SSSR count). The van der Waals surface area contributed by atoms with Gasteiger partial charge in [-0.1, -0.05) is 41.9 Å². The van der Waals surface area contributed by atoms with Gasteiger partial charge >= 0.3 is 6.03 Å². The van der Waals surface area contributed by atoms with E-state index in [1.807, 2.05) is 47.4 Å². The quantitative estimate of drug-likeness (QED) is 0.656. The van der Waals surface area contributed by atoms with Crippen molar-refractivity contribution in [3.8, 4) is 5.69 Å².